The van der Waals surface area contributed by atoms with E-state index in [0.717, 1.165) is 4.57 Å². The third-order valence-electron chi connectivity index (χ3n) is 4.50. The number of aliphatic hydroxyl groups excluding tert-OH is 1. The van der Waals surface area contributed by atoms with Crippen LogP contribution in [-0.2, 0) is 21.1 Å². The molecule has 0 aliphatic heterocycles. The van der Waals surface area contributed by atoms with Crippen LogP contribution in [0.4, 0.5) is 5.95 Å². The molecule has 2 heterocycles. The number of imidazole rings is 1. The Morgan fingerprint density at radius 3 is 2.50 bits per heavy atom. The van der Waals surface area contributed by atoms with E-state index in [1.165, 1.54) is 23.7 Å². The third kappa shape index (κ3) is 2.76. The summed E-state index contributed by atoms with van der Waals surface area (Å²) in [5.74, 6) is 0.517. The Morgan fingerprint density at radius 1 is 1.15 bits per heavy atom. The first kappa shape index (κ1) is 17.7. The van der Waals surface area contributed by atoms with Crippen molar-refractivity contribution in [2.75, 3.05) is 18.5 Å². The van der Waals surface area contributed by atoms with Gasteiger partial charge in [0.1, 0.15) is 5.75 Å². The fourth-order valence-electron chi connectivity index (χ4n) is 3.03. The summed E-state index contributed by atoms with van der Waals surface area (Å²) in [4.78, 5) is 30.6. The van der Waals surface area contributed by atoms with E-state index in [-0.39, 0.29) is 17.9 Å². The van der Waals surface area contributed by atoms with Crippen LogP contribution >= 0.6 is 0 Å². The fourth-order valence-corrected chi connectivity index (χ4v) is 3.03. The summed E-state index contributed by atoms with van der Waals surface area (Å²) in [5.41, 5.74) is 0.289. The van der Waals surface area contributed by atoms with Crippen molar-refractivity contribution in [1.29, 1.82) is 0 Å². The van der Waals surface area contributed by atoms with E-state index >= 15 is 0 Å². The minimum atomic E-state index is -0.862. The Hall–Kier alpha value is -3.07. The number of aromatic hydroxyl groups is 1. The maximum absolute atomic E-state index is 12.4. The molecule has 2 N–H and O–H groups in total. The summed E-state index contributed by atoms with van der Waals surface area (Å²) in [5, 5.41) is 20.0. The minimum absolute atomic E-state index is 0.0745. The number of fused-ring (bicyclic) bond motifs is 1. The quantitative estimate of drug-likeness (QED) is 0.671. The molecule has 2 aromatic heterocycles. The Morgan fingerprint density at radius 2 is 1.85 bits per heavy atom. The zero-order chi connectivity index (χ0) is 19.2. The molecule has 26 heavy (non-hydrogen) atoms. The average molecular weight is 359 g/mol. The lowest BCUT2D eigenvalue weighted by Crippen LogP contribution is -2.37. The molecule has 0 saturated heterocycles. The summed E-state index contributed by atoms with van der Waals surface area (Å²) in [6, 6.07) is 6.39. The molecule has 1 unspecified atom stereocenters. The summed E-state index contributed by atoms with van der Waals surface area (Å²) in [7, 11) is 6.40. The molecule has 0 saturated carbocycles. The van der Waals surface area contributed by atoms with Crippen LogP contribution in [0.3, 0.4) is 0 Å². The van der Waals surface area contributed by atoms with Gasteiger partial charge in [0.15, 0.2) is 11.2 Å². The largest absolute Gasteiger partial charge is 0.508 e. The molecule has 3 aromatic rings. The van der Waals surface area contributed by atoms with Gasteiger partial charge in [-0.25, -0.2) is 4.79 Å². The third-order valence-corrected chi connectivity index (χ3v) is 4.50. The first-order chi connectivity index (χ1) is 12.2. The van der Waals surface area contributed by atoms with E-state index in [4.69, 9.17) is 0 Å². The van der Waals surface area contributed by atoms with Crippen molar-refractivity contribution in [3.05, 3.63) is 50.7 Å². The number of benzene rings is 1. The number of hydrogen-bond acceptors (Lipinski definition) is 6. The number of aryl methyl sites for hydroxylation is 2. The van der Waals surface area contributed by atoms with Gasteiger partial charge in [0.2, 0.25) is 5.95 Å². The van der Waals surface area contributed by atoms with E-state index in [0.29, 0.717) is 17.0 Å². The highest BCUT2D eigenvalue weighted by Gasteiger charge is 2.21. The average Bonchev–Trinajstić information content (AvgIpc) is 2.95. The van der Waals surface area contributed by atoms with Crippen molar-refractivity contribution in [3.63, 3.8) is 0 Å². The molecule has 9 nitrogen and oxygen atoms in total. The number of rotatable bonds is 4. The standard InChI is InChI=1S/C17H21N5O4/c1-19(9-12(24)10-6-5-7-11(23)8-10)16-18-14-13(20(16)2)15(25)22(4)17(26)21(14)3/h5-8,12,23-24H,9H2,1-4H3. The molecule has 0 bridgehead atoms. The molecule has 1 aromatic carbocycles. The summed E-state index contributed by atoms with van der Waals surface area (Å²) >= 11 is 0. The van der Waals surface area contributed by atoms with E-state index in [9.17, 15) is 19.8 Å². The van der Waals surface area contributed by atoms with Gasteiger partial charge in [0, 0.05) is 28.2 Å². The van der Waals surface area contributed by atoms with Gasteiger partial charge in [-0.05, 0) is 17.7 Å². The van der Waals surface area contributed by atoms with Crippen molar-refractivity contribution in [3.8, 4) is 5.75 Å². The zero-order valence-electron chi connectivity index (χ0n) is 15.0. The van der Waals surface area contributed by atoms with Crippen molar-refractivity contribution in [1.82, 2.24) is 18.7 Å². The normalized spacial score (nSPS) is 12.5. The first-order valence-electron chi connectivity index (χ1n) is 8.03. The van der Waals surface area contributed by atoms with Crippen LogP contribution in [-0.4, -0.2) is 42.5 Å². The molecule has 0 radical (unpaired) electrons. The number of anilines is 1. The highest BCUT2D eigenvalue weighted by atomic mass is 16.3. The number of phenols is 1. The maximum atomic E-state index is 12.4. The van der Waals surface area contributed by atoms with Crippen LogP contribution in [0.5, 0.6) is 5.75 Å². The van der Waals surface area contributed by atoms with Gasteiger partial charge in [-0.1, -0.05) is 12.1 Å². The first-order valence-corrected chi connectivity index (χ1v) is 8.03. The Balaban J connectivity index is 2.01. The van der Waals surface area contributed by atoms with Crippen LogP contribution in [0.15, 0.2) is 33.9 Å². The molecule has 0 aliphatic rings. The van der Waals surface area contributed by atoms with E-state index < -0.39 is 17.4 Å². The highest BCUT2D eigenvalue weighted by molar-refractivity contribution is 5.74. The molecular formula is C17H21N5O4. The lowest BCUT2D eigenvalue weighted by Gasteiger charge is -2.22. The van der Waals surface area contributed by atoms with Crippen LogP contribution < -0.4 is 16.1 Å². The SMILES string of the molecule is CN(CC(O)c1cccc(O)c1)c1nc2c(c(=O)n(C)c(=O)n2C)n1C. The van der Waals surface area contributed by atoms with Gasteiger partial charge < -0.3 is 19.7 Å². The summed E-state index contributed by atoms with van der Waals surface area (Å²) in [6.45, 7) is 0.189. The predicted molar refractivity (Wildman–Crippen MR) is 97.5 cm³/mol. The Kier molecular flexibility index (Phi) is 4.33. The second-order valence-electron chi connectivity index (χ2n) is 6.34. The van der Waals surface area contributed by atoms with Crippen LogP contribution in [0.1, 0.15) is 11.7 Å². The van der Waals surface area contributed by atoms with E-state index in [2.05, 4.69) is 4.98 Å². The molecule has 0 spiro atoms. The molecule has 0 amide bonds. The second kappa shape index (κ2) is 6.34. The van der Waals surface area contributed by atoms with Gasteiger partial charge in [0.25, 0.3) is 5.56 Å². The number of hydrogen-bond donors (Lipinski definition) is 2. The lowest BCUT2D eigenvalue weighted by atomic mass is 10.1. The molecule has 138 valence electrons. The van der Waals surface area contributed by atoms with Crippen molar-refractivity contribution >= 4 is 17.1 Å². The fraction of sp³-hybridized carbons (Fsp3) is 0.353. The van der Waals surface area contributed by atoms with Gasteiger partial charge >= 0.3 is 5.69 Å². The monoisotopic (exact) mass is 359 g/mol. The molecule has 1 atom stereocenters. The Bertz CT molecular complexity index is 1090. The van der Waals surface area contributed by atoms with Gasteiger partial charge in [-0.3, -0.25) is 13.9 Å². The number of likely N-dealkylation sites (N-methyl/N-ethyl adjacent to an activating group) is 1. The minimum Gasteiger partial charge on any atom is -0.508 e. The van der Waals surface area contributed by atoms with Crippen LogP contribution in [0, 0.1) is 0 Å². The number of aliphatic hydroxyl groups is 1. The topological polar surface area (TPSA) is 106 Å². The summed E-state index contributed by atoms with van der Waals surface area (Å²) < 4.78 is 3.96. The molecule has 0 aliphatic carbocycles. The number of nitrogens with zero attached hydrogens (tertiary/aromatic N) is 5. The van der Waals surface area contributed by atoms with Gasteiger partial charge in [-0.2, -0.15) is 4.98 Å². The van der Waals surface area contributed by atoms with E-state index in [1.54, 1.807) is 42.7 Å². The summed E-state index contributed by atoms with van der Waals surface area (Å²) in [6.07, 6.45) is -0.862. The van der Waals surface area contributed by atoms with Crippen LogP contribution in [0.25, 0.3) is 11.2 Å². The van der Waals surface area contributed by atoms with E-state index in [1.807, 2.05) is 0 Å². The molecular weight excluding hydrogens is 338 g/mol. The smallest absolute Gasteiger partial charge is 0.332 e. The predicted octanol–water partition coefficient (Wildman–Crippen LogP) is -0.154. The van der Waals surface area contributed by atoms with Crippen molar-refractivity contribution in [2.45, 2.75) is 6.10 Å². The number of phenolic OH excluding ortho intramolecular Hbond substituents is 1. The molecule has 0 fully saturated rings. The maximum Gasteiger partial charge on any atom is 0.332 e. The lowest BCUT2D eigenvalue weighted by molar-refractivity contribution is 0.184. The zero-order valence-corrected chi connectivity index (χ0v) is 15.0. The van der Waals surface area contributed by atoms with Crippen LogP contribution in [0.2, 0.25) is 0 Å². The number of aromatic nitrogens is 4. The van der Waals surface area contributed by atoms with Crippen molar-refractivity contribution in [2.24, 2.45) is 21.1 Å². The second-order valence-corrected chi connectivity index (χ2v) is 6.34. The highest BCUT2D eigenvalue weighted by Crippen LogP contribution is 2.22. The molecule has 9 heteroatoms. The Labute approximate surface area is 149 Å². The van der Waals surface area contributed by atoms with Gasteiger partial charge in [-0.15, -0.1) is 0 Å². The van der Waals surface area contributed by atoms with Crippen molar-refractivity contribution < 1.29 is 10.2 Å². The van der Waals surface area contributed by atoms with Gasteiger partial charge in [0.05, 0.1) is 12.6 Å². The molecule has 3 rings (SSSR count).